The number of aliphatic hydroxyl groups is 2. The zero-order valence-electron chi connectivity index (χ0n) is 22.2. The van der Waals surface area contributed by atoms with Crippen LogP contribution in [0.3, 0.4) is 0 Å². The van der Waals surface area contributed by atoms with E-state index in [1.165, 1.54) is 30.2 Å². The van der Waals surface area contributed by atoms with Crippen molar-refractivity contribution in [3.8, 4) is 11.5 Å². The molecule has 3 rings (SSSR count). The Balaban J connectivity index is 2.05. The number of aldehydes is 1. The van der Waals surface area contributed by atoms with E-state index in [4.69, 9.17) is 21.1 Å². The van der Waals surface area contributed by atoms with Gasteiger partial charge in [-0.1, -0.05) is 36.7 Å². The van der Waals surface area contributed by atoms with Crippen molar-refractivity contribution in [3.63, 3.8) is 0 Å². The molecule has 1 aliphatic rings. The van der Waals surface area contributed by atoms with Gasteiger partial charge in [-0.25, -0.2) is 0 Å². The van der Waals surface area contributed by atoms with Gasteiger partial charge >= 0.3 is 0 Å². The summed E-state index contributed by atoms with van der Waals surface area (Å²) in [4.78, 5) is 39.3. The lowest BCUT2D eigenvalue weighted by molar-refractivity contribution is -0.134. The second-order valence-electron chi connectivity index (χ2n) is 9.07. The molecule has 0 spiro atoms. The zero-order chi connectivity index (χ0) is 29.2. The van der Waals surface area contributed by atoms with Crippen molar-refractivity contribution in [1.29, 1.82) is 0 Å². The first-order chi connectivity index (χ1) is 19.2. The Kier molecular flexibility index (Phi) is 12.0. The van der Waals surface area contributed by atoms with Crippen molar-refractivity contribution in [2.24, 2.45) is 0 Å². The van der Waals surface area contributed by atoms with E-state index in [9.17, 15) is 24.6 Å². The van der Waals surface area contributed by atoms with E-state index in [-0.39, 0.29) is 43.5 Å². The molecule has 0 unspecified atom stereocenters. The molecular formula is C29H32ClIN2O7. The molecule has 0 bridgehead atoms. The summed E-state index contributed by atoms with van der Waals surface area (Å²) in [7, 11) is 1.43. The maximum absolute atomic E-state index is 13.4. The fourth-order valence-corrected chi connectivity index (χ4v) is 5.18. The number of amides is 2. The minimum absolute atomic E-state index is 0.0421. The summed E-state index contributed by atoms with van der Waals surface area (Å²) in [5, 5.41) is 24.0. The molecule has 0 saturated heterocycles. The lowest BCUT2D eigenvalue weighted by Crippen LogP contribution is -2.54. The van der Waals surface area contributed by atoms with Crippen molar-refractivity contribution in [3.05, 3.63) is 79.9 Å². The van der Waals surface area contributed by atoms with Crippen LogP contribution in [-0.2, 0) is 16.1 Å². The summed E-state index contributed by atoms with van der Waals surface area (Å²) in [5.41, 5.74) is 1.46. The highest BCUT2D eigenvalue weighted by Gasteiger charge is 2.40. The Bertz CT molecular complexity index is 1270. The molecule has 40 heavy (non-hydrogen) atoms. The molecule has 9 nitrogen and oxygen atoms in total. The highest BCUT2D eigenvalue weighted by molar-refractivity contribution is 14.1. The average molecular weight is 683 g/mol. The van der Waals surface area contributed by atoms with Crippen LogP contribution in [0.25, 0.3) is 0 Å². The number of nitrogens with zero attached hydrogens (tertiary/aromatic N) is 1. The van der Waals surface area contributed by atoms with Crippen LogP contribution in [0.15, 0.2) is 60.2 Å². The standard InChI is InChI=1S/C29H32ClIN2O7/c1-3-4-5-26(36)33(16-18-6-8-21(30)9-7-18)23-14-20(29(38)32-10-11-34)15-24(27(23)37)40-28-22(31)12-19(17-35)13-25(28)39-2/h4-9,12-13,15,17,23-24,27,34,37H,3,10-11,14,16H2,1-2H3,(H,32,38)/t23-,24+,27+/m1/s1. The van der Waals surface area contributed by atoms with Crippen molar-refractivity contribution in [2.75, 3.05) is 20.3 Å². The Labute approximate surface area is 251 Å². The fourth-order valence-electron chi connectivity index (χ4n) is 4.30. The molecule has 2 aromatic rings. The number of methoxy groups -OCH3 is 1. The smallest absolute Gasteiger partial charge is 0.247 e. The maximum Gasteiger partial charge on any atom is 0.247 e. The van der Waals surface area contributed by atoms with Gasteiger partial charge in [0.2, 0.25) is 11.8 Å². The largest absolute Gasteiger partial charge is 0.493 e. The van der Waals surface area contributed by atoms with Gasteiger partial charge in [-0.2, -0.15) is 0 Å². The first-order valence-electron chi connectivity index (χ1n) is 12.7. The van der Waals surface area contributed by atoms with Crippen LogP contribution < -0.4 is 14.8 Å². The summed E-state index contributed by atoms with van der Waals surface area (Å²) < 4.78 is 12.2. The van der Waals surface area contributed by atoms with Gasteiger partial charge in [0.1, 0.15) is 18.5 Å². The Morgan fingerprint density at radius 1 is 1.25 bits per heavy atom. The molecule has 11 heteroatoms. The number of hydrogen-bond acceptors (Lipinski definition) is 7. The SMILES string of the molecule is CCC=CC(=O)N(Cc1ccc(Cl)cc1)[C@@H]1CC(C(=O)NCCO)=C[C@H](Oc2c(I)cc(C=O)cc2OC)[C@H]1O. The lowest BCUT2D eigenvalue weighted by atomic mass is 9.87. The van der Waals surface area contributed by atoms with Gasteiger partial charge in [-0.15, -0.1) is 0 Å². The molecule has 0 heterocycles. The van der Waals surface area contributed by atoms with E-state index < -0.39 is 24.2 Å². The lowest BCUT2D eigenvalue weighted by Gasteiger charge is -2.40. The first-order valence-corrected chi connectivity index (χ1v) is 14.2. The number of hydrogen-bond donors (Lipinski definition) is 3. The van der Waals surface area contributed by atoms with E-state index in [1.807, 2.05) is 29.5 Å². The van der Waals surface area contributed by atoms with Crippen molar-refractivity contribution in [1.82, 2.24) is 10.2 Å². The molecule has 0 radical (unpaired) electrons. The van der Waals surface area contributed by atoms with E-state index in [0.717, 1.165) is 5.56 Å². The molecule has 3 atom stereocenters. The van der Waals surface area contributed by atoms with E-state index in [0.29, 0.717) is 32.4 Å². The Hall–Kier alpha value is -2.93. The van der Waals surface area contributed by atoms with Crippen LogP contribution in [0.5, 0.6) is 11.5 Å². The van der Waals surface area contributed by atoms with E-state index in [2.05, 4.69) is 5.32 Å². The van der Waals surface area contributed by atoms with Crippen molar-refractivity contribution >= 4 is 52.3 Å². The second-order valence-corrected chi connectivity index (χ2v) is 10.7. The van der Waals surface area contributed by atoms with Gasteiger partial charge in [-0.05, 0) is 71.0 Å². The normalized spacial score (nSPS) is 18.6. The quantitative estimate of drug-likeness (QED) is 0.177. The van der Waals surface area contributed by atoms with Crippen molar-refractivity contribution < 1.29 is 34.1 Å². The molecule has 1 aliphatic carbocycles. The molecule has 0 aliphatic heterocycles. The highest BCUT2D eigenvalue weighted by atomic mass is 127. The minimum Gasteiger partial charge on any atom is -0.493 e. The number of carbonyl (C=O) groups is 3. The minimum atomic E-state index is -1.23. The van der Waals surface area contributed by atoms with Gasteiger partial charge in [-0.3, -0.25) is 14.4 Å². The molecule has 0 aromatic heterocycles. The average Bonchev–Trinajstić information content (AvgIpc) is 2.96. The monoisotopic (exact) mass is 682 g/mol. The third-order valence-electron chi connectivity index (χ3n) is 6.30. The summed E-state index contributed by atoms with van der Waals surface area (Å²) in [5.74, 6) is -0.214. The molecule has 0 saturated carbocycles. The number of rotatable bonds is 12. The predicted octanol–water partition coefficient (Wildman–Crippen LogP) is 3.68. The van der Waals surface area contributed by atoms with Gasteiger partial charge in [0.05, 0.1) is 23.3 Å². The maximum atomic E-state index is 13.4. The number of ether oxygens (including phenoxy) is 2. The van der Waals surface area contributed by atoms with E-state index in [1.54, 1.807) is 36.4 Å². The van der Waals surface area contributed by atoms with Gasteiger partial charge in [0, 0.05) is 35.7 Å². The van der Waals surface area contributed by atoms with Crippen molar-refractivity contribution in [2.45, 2.75) is 44.6 Å². The molecule has 2 aromatic carbocycles. The van der Waals surface area contributed by atoms with Gasteiger partial charge in [0.25, 0.3) is 0 Å². The number of allylic oxidation sites excluding steroid dienone is 1. The van der Waals surface area contributed by atoms with E-state index >= 15 is 0 Å². The number of halogens is 2. The third-order valence-corrected chi connectivity index (χ3v) is 7.36. The number of carbonyl (C=O) groups excluding carboxylic acids is 3. The third kappa shape index (κ3) is 8.06. The predicted molar refractivity (Wildman–Crippen MR) is 160 cm³/mol. The van der Waals surface area contributed by atoms with Crippen LogP contribution in [0.4, 0.5) is 0 Å². The van der Waals surface area contributed by atoms with Crippen LogP contribution in [-0.4, -0.2) is 71.7 Å². The zero-order valence-corrected chi connectivity index (χ0v) is 25.1. The number of aliphatic hydroxyl groups excluding tert-OH is 2. The fraction of sp³-hybridized carbons (Fsp3) is 0.345. The molecular weight excluding hydrogens is 651 g/mol. The Morgan fingerprint density at radius 2 is 1.98 bits per heavy atom. The second kappa shape index (κ2) is 15.2. The van der Waals surface area contributed by atoms with Crippen LogP contribution in [0.1, 0.15) is 35.7 Å². The summed E-state index contributed by atoms with van der Waals surface area (Å²) in [6.45, 7) is 1.86. The number of nitrogens with one attached hydrogen (secondary N) is 1. The summed E-state index contributed by atoms with van der Waals surface area (Å²) in [6.07, 6.45) is 3.80. The Morgan fingerprint density at radius 3 is 2.60 bits per heavy atom. The molecule has 214 valence electrons. The molecule has 2 amide bonds. The van der Waals surface area contributed by atoms with Gasteiger partial charge < -0.3 is 29.9 Å². The van der Waals surface area contributed by atoms with Crippen LogP contribution >= 0.6 is 34.2 Å². The molecule has 0 fully saturated rings. The van der Waals surface area contributed by atoms with Gasteiger partial charge in [0.15, 0.2) is 11.5 Å². The highest BCUT2D eigenvalue weighted by Crippen LogP contribution is 2.37. The number of benzene rings is 2. The summed E-state index contributed by atoms with van der Waals surface area (Å²) >= 11 is 8.05. The molecule has 3 N–H and O–H groups in total. The summed E-state index contributed by atoms with van der Waals surface area (Å²) in [6, 6.07) is 9.31. The van der Waals surface area contributed by atoms with Crippen LogP contribution in [0.2, 0.25) is 5.02 Å². The topological polar surface area (TPSA) is 125 Å². The first kappa shape index (κ1) is 31.6. The van der Waals surface area contributed by atoms with Crippen LogP contribution in [0, 0.1) is 3.57 Å².